The monoisotopic (exact) mass is 970 g/mol. The fourth-order valence-corrected chi connectivity index (χ4v) is 9.10. The van der Waals surface area contributed by atoms with Gasteiger partial charge in [-0.3, -0.25) is 9.35 Å². The summed E-state index contributed by atoms with van der Waals surface area (Å²) in [6.07, 6.45) is 16.7. The third kappa shape index (κ3) is 25.5. The molecule has 2 rings (SSSR count). The average Bonchev–Trinajstić information content (AvgIpc) is 3.29. The molecule has 0 aliphatic carbocycles. The van der Waals surface area contributed by atoms with Gasteiger partial charge in [0.25, 0.3) is 0 Å². The molecule has 1 amide bonds. The maximum absolute atomic E-state index is 13.2. The van der Waals surface area contributed by atoms with Crippen molar-refractivity contribution in [2.75, 3.05) is 19.8 Å². The van der Waals surface area contributed by atoms with Crippen LogP contribution in [0.3, 0.4) is 0 Å². The Morgan fingerprint density at radius 1 is 0.606 bits per heavy atom. The number of allylic oxidation sites excluding steroid dienone is 1. The van der Waals surface area contributed by atoms with Crippen LogP contribution in [0.25, 0.3) is 0 Å². The Morgan fingerprint density at radius 2 is 1.06 bits per heavy atom. The minimum absolute atomic E-state index is 0.246. The summed E-state index contributed by atoms with van der Waals surface area (Å²) in [5, 5.41) is 77.3. The molecular weight excluding hydrogens is 879 g/mol. The van der Waals surface area contributed by atoms with E-state index in [1.54, 1.807) is 6.08 Å². The molecule has 2 heterocycles. The molecule has 2 unspecified atom stereocenters. The van der Waals surface area contributed by atoms with Crippen molar-refractivity contribution in [3.05, 3.63) is 12.2 Å². The number of rotatable bonds is 40. The zero-order valence-corrected chi connectivity index (χ0v) is 41.1. The Labute approximate surface area is 396 Å². The number of unbranched alkanes of at least 4 members (excludes halogenated alkanes) is 25. The Morgan fingerprint density at radius 3 is 1.53 bits per heavy atom. The molecule has 2 aliphatic rings. The topological polar surface area (TPSA) is 271 Å². The van der Waals surface area contributed by atoms with E-state index in [1.807, 2.05) is 6.08 Å². The third-order valence-electron chi connectivity index (χ3n) is 12.7. The van der Waals surface area contributed by atoms with Crippen molar-refractivity contribution in [3.8, 4) is 0 Å². The Bertz CT molecular complexity index is 1340. The predicted molar refractivity (Wildman–Crippen MR) is 250 cm³/mol. The average molecular weight is 970 g/mol. The van der Waals surface area contributed by atoms with Crippen LogP contribution in [-0.2, 0) is 38.3 Å². The highest BCUT2D eigenvalue weighted by atomic mass is 32.3. The van der Waals surface area contributed by atoms with Crippen LogP contribution in [0.4, 0.5) is 0 Å². The summed E-state index contributed by atoms with van der Waals surface area (Å²) in [5.74, 6) is -0.281. The summed E-state index contributed by atoms with van der Waals surface area (Å²) >= 11 is 0. The quantitative estimate of drug-likeness (QED) is 0.0199. The van der Waals surface area contributed by atoms with Crippen LogP contribution >= 0.6 is 0 Å². The van der Waals surface area contributed by atoms with Gasteiger partial charge in [0.1, 0.15) is 48.8 Å². The van der Waals surface area contributed by atoms with Gasteiger partial charge in [-0.05, 0) is 19.3 Å². The van der Waals surface area contributed by atoms with Gasteiger partial charge >= 0.3 is 10.4 Å². The first-order valence-corrected chi connectivity index (χ1v) is 27.0. The fourth-order valence-electron chi connectivity index (χ4n) is 8.59. The van der Waals surface area contributed by atoms with Gasteiger partial charge in [-0.2, -0.15) is 8.42 Å². The zero-order valence-electron chi connectivity index (χ0n) is 40.3. The van der Waals surface area contributed by atoms with Crippen LogP contribution in [-0.4, -0.2) is 148 Å². The predicted octanol–water partition coefficient (Wildman–Crippen LogP) is 5.82. The molecule has 0 aromatic rings. The number of amides is 1. The van der Waals surface area contributed by atoms with Crippen molar-refractivity contribution in [3.63, 3.8) is 0 Å². The van der Waals surface area contributed by atoms with E-state index in [1.165, 1.54) is 122 Å². The van der Waals surface area contributed by atoms with Crippen LogP contribution in [0.2, 0.25) is 0 Å². The van der Waals surface area contributed by atoms with E-state index in [0.29, 0.717) is 6.42 Å². The highest BCUT2D eigenvalue weighted by molar-refractivity contribution is 7.80. The highest BCUT2D eigenvalue weighted by Gasteiger charge is 2.52. The second kappa shape index (κ2) is 36.6. The van der Waals surface area contributed by atoms with Gasteiger partial charge in [-0.25, -0.2) is 4.18 Å². The molecule has 0 radical (unpaired) electrons. The van der Waals surface area contributed by atoms with Crippen molar-refractivity contribution in [1.82, 2.24) is 5.32 Å². The number of carbonyl (C=O) groups is 1. The first kappa shape index (κ1) is 60.8. The summed E-state index contributed by atoms with van der Waals surface area (Å²) in [5.41, 5.74) is 0. The molecule has 12 atom stereocenters. The number of nitrogens with one attached hydrogen (secondary N) is 1. The van der Waals surface area contributed by atoms with Crippen molar-refractivity contribution in [1.29, 1.82) is 0 Å². The van der Waals surface area contributed by atoms with Gasteiger partial charge in [-0.15, -0.1) is 0 Å². The van der Waals surface area contributed by atoms with Gasteiger partial charge in [0.15, 0.2) is 12.6 Å². The van der Waals surface area contributed by atoms with Crippen molar-refractivity contribution in [2.45, 2.75) is 267 Å². The first-order chi connectivity index (χ1) is 31.8. The summed E-state index contributed by atoms with van der Waals surface area (Å²) in [7, 11) is -5.21. The zero-order chi connectivity index (χ0) is 48.6. The molecule has 0 aromatic heterocycles. The van der Waals surface area contributed by atoms with Gasteiger partial charge in [0.2, 0.25) is 5.91 Å². The minimum Gasteiger partial charge on any atom is -0.394 e. The number of aliphatic hydroxyl groups is 7. The van der Waals surface area contributed by atoms with Gasteiger partial charge in [0, 0.05) is 6.42 Å². The molecule has 17 nitrogen and oxygen atoms in total. The van der Waals surface area contributed by atoms with Gasteiger partial charge < -0.3 is 60.0 Å². The molecule has 2 fully saturated rings. The van der Waals surface area contributed by atoms with E-state index in [9.17, 15) is 53.5 Å². The summed E-state index contributed by atoms with van der Waals surface area (Å²) in [4.78, 5) is 13.2. The SMILES string of the molecule is CCCCCCCCCCCCC/C=C\C(O)C(CO[C@@H]1O[C@H](CO)[C@H](O[C@H]2O[C@H](CO)[C@H](O)[C@H](OS(=O)(=O)O)[C@H]2O)[C@H](O)[C@H]1O)NC(=O)CCCCCCCCCCCCCCCCC. The molecule has 18 heteroatoms. The van der Waals surface area contributed by atoms with Crippen LogP contribution in [0.15, 0.2) is 12.2 Å². The number of aliphatic hydroxyl groups excluding tert-OH is 7. The lowest BCUT2D eigenvalue weighted by atomic mass is 9.97. The Hall–Kier alpha value is -1.36. The number of ether oxygens (including phenoxy) is 4. The highest BCUT2D eigenvalue weighted by Crippen LogP contribution is 2.31. The molecule has 0 saturated carbocycles. The van der Waals surface area contributed by atoms with Crippen LogP contribution in [0.1, 0.15) is 194 Å². The van der Waals surface area contributed by atoms with Crippen LogP contribution in [0.5, 0.6) is 0 Å². The molecule has 390 valence electrons. The van der Waals surface area contributed by atoms with Gasteiger partial charge in [-0.1, -0.05) is 180 Å². The Balaban J connectivity index is 1.93. The van der Waals surface area contributed by atoms with Crippen molar-refractivity contribution in [2.24, 2.45) is 0 Å². The second-order valence-electron chi connectivity index (χ2n) is 18.5. The minimum atomic E-state index is -5.21. The van der Waals surface area contributed by atoms with Crippen LogP contribution in [0, 0.1) is 0 Å². The maximum atomic E-state index is 13.2. The third-order valence-corrected chi connectivity index (χ3v) is 13.1. The van der Waals surface area contributed by atoms with Crippen molar-refractivity contribution >= 4 is 16.3 Å². The smallest absolute Gasteiger partial charge is 0.394 e. The van der Waals surface area contributed by atoms with E-state index in [-0.39, 0.29) is 18.9 Å². The molecule has 66 heavy (non-hydrogen) atoms. The fraction of sp³-hybridized carbons (Fsp3) is 0.938. The van der Waals surface area contributed by atoms with Crippen LogP contribution < -0.4 is 5.32 Å². The molecule has 0 bridgehead atoms. The van der Waals surface area contributed by atoms with Crippen molar-refractivity contribution < 1.29 is 76.6 Å². The largest absolute Gasteiger partial charge is 0.397 e. The molecule has 2 aliphatic heterocycles. The number of hydrogen-bond acceptors (Lipinski definition) is 15. The molecule has 0 aromatic carbocycles. The van der Waals surface area contributed by atoms with E-state index in [2.05, 4.69) is 23.3 Å². The van der Waals surface area contributed by atoms with E-state index in [0.717, 1.165) is 44.9 Å². The normalized spacial score (nSPS) is 27.1. The van der Waals surface area contributed by atoms with E-state index < -0.39 is 97.2 Å². The second-order valence-corrected chi connectivity index (χ2v) is 19.5. The standard InChI is InChI=1S/C48H91NO16S/c1-3-5-7-9-11-13-15-17-18-20-22-24-26-28-30-32-40(53)49-36(37(52)31-29-27-25-23-21-19-16-14-12-10-8-6-4-2)35-61-47-43(56)42(55)45(39(34-51)63-47)64-48-44(57)46(65-66(58,59)60)41(54)38(33-50)62-48/h29,31,36-39,41-48,50-52,54-57H,3-28,30,32-35H2,1-2H3,(H,49,53)(H,58,59,60)/b31-29-/t36?,37?,38-,39-,41+,42-,43-,44-,45+,46+,47-,48-/m1/s1. The summed E-state index contributed by atoms with van der Waals surface area (Å²) < 4.78 is 59.0. The molecule has 9 N–H and O–H groups in total. The van der Waals surface area contributed by atoms with E-state index >= 15 is 0 Å². The molecular formula is C48H91NO16S. The lowest BCUT2D eigenvalue weighted by molar-refractivity contribution is -0.358. The number of carbonyl (C=O) groups excluding carboxylic acids is 1. The van der Waals surface area contributed by atoms with Gasteiger partial charge in [0.05, 0.1) is 32.0 Å². The molecule has 2 saturated heterocycles. The lowest BCUT2D eigenvalue weighted by Crippen LogP contribution is -2.65. The molecule has 0 spiro atoms. The summed E-state index contributed by atoms with van der Waals surface area (Å²) in [6.45, 7) is 2.38. The van der Waals surface area contributed by atoms with E-state index in [4.69, 9.17) is 18.9 Å². The summed E-state index contributed by atoms with van der Waals surface area (Å²) in [6, 6.07) is -0.968. The lowest BCUT2D eigenvalue weighted by Gasteiger charge is -2.46. The number of hydrogen-bond donors (Lipinski definition) is 9. The Kier molecular flexibility index (Phi) is 33.7. The maximum Gasteiger partial charge on any atom is 0.397 e. The first-order valence-electron chi connectivity index (χ1n) is 25.6.